The molecule has 4 rings (SSSR count). The fourth-order valence-electron chi connectivity index (χ4n) is 3.32. The average molecular weight is 339 g/mol. The van der Waals surface area contributed by atoms with Gasteiger partial charge in [-0.05, 0) is 31.4 Å². The van der Waals surface area contributed by atoms with Crippen LogP contribution in [0, 0.1) is 0 Å². The maximum absolute atomic E-state index is 12.3. The lowest BCUT2D eigenvalue weighted by Gasteiger charge is -2.10. The lowest BCUT2D eigenvalue weighted by Crippen LogP contribution is -2.39. The third kappa shape index (κ3) is 2.65. The predicted octanol–water partition coefficient (Wildman–Crippen LogP) is 0.332. The summed E-state index contributed by atoms with van der Waals surface area (Å²) >= 11 is 0. The normalized spacial score (nSPS) is 13.1. The van der Waals surface area contributed by atoms with Gasteiger partial charge in [0.15, 0.2) is 5.69 Å². The molecule has 0 spiro atoms. The first-order valence-corrected chi connectivity index (χ1v) is 8.21. The van der Waals surface area contributed by atoms with Gasteiger partial charge in [0.2, 0.25) is 0 Å². The second-order valence-electron chi connectivity index (χ2n) is 6.07. The summed E-state index contributed by atoms with van der Waals surface area (Å²) in [6.07, 6.45) is 2.80. The first kappa shape index (κ1) is 15.4. The molecule has 128 valence electrons. The van der Waals surface area contributed by atoms with E-state index in [-0.39, 0.29) is 19.0 Å². The van der Waals surface area contributed by atoms with Crippen molar-refractivity contribution in [3.63, 3.8) is 0 Å². The Hall–Kier alpha value is -3.16. The summed E-state index contributed by atoms with van der Waals surface area (Å²) in [5.41, 5.74) is 2.35. The second-order valence-corrected chi connectivity index (χ2v) is 6.07. The van der Waals surface area contributed by atoms with Crippen molar-refractivity contribution >= 4 is 16.9 Å². The van der Waals surface area contributed by atoms with Crippen LogP contribution in [0.5, 0.6) is 0 Å². The van der Waals surface area contributed by atoms with E-state index in [2.05, 4.69) is 20.5 Å². The minimum atomic E-state index is -0.671. The Labute approximate surface area is 141 Å². The molecule has 0 saturated carbocycles. The van der Waals surface area contributed by atoms with Crippen LogP contribution in [0.25, 0.3) is 11.0 Å². The summed E-state index contributed by atoms with van der Waals surface area (Å²) in [6.45, 7) is 0.440. The number of amides is 1. The van der Waals surface area contributed by atoms with E-state index >= 15 is 0 Å². The van der Waals surface area contributed by atoms with Crippen LogP contribution >= 0.6 is 0 Å². The van der Waals surface area contributed by atoms with Gasteiger partial charge in [-0.3, -0.25) is 19.5 Å². The van der Waals surface area contributed by atoms with Crippen molar-refractivity contribution in [3.8, 4) is 0 Å². The third-order valence-corrected chi connectivity index (χ3v) is 4.52. The zero-order chi connectivity index (χ0) is 17.4. The Bertz CT molecular complexity index is 1080. The number of hydrogen-bond donors (Lipinski definition) is 3. The number of fused-ring (bicyclic) bond motifs is 2. The number of para-hydroxylation sites is 2. The van der Waals surface area contributed by atoms with Gasteiger partial charge in [0, 0.05) is 24.3 Å². The van der Waals surface area contributed by atoms with Crippen LogP contribution in [0.1, 0.15) is 28.2 Å². The lowest BCUT2D eigenvalue weighted by atomic mass is 10.2. The first-order chi connectivity index (χ1) is 12.1. The largest absolute Gasteiger partial charge is 0.349 e. The number of aromatic nitrogens is 4. The summed E-state index contributed by atoms with van der Waals surface area (Å²) in [7, 11) is 0. The van der Waals surface area contributed by atoms with Gasteiger partial charge < -0.3 is 14.9 Å². The number of aryl methyl sites for hydroxylation is 1. The van der Waals surface area contributed by atoms with Crippen LogP contribution in [0.4, 0.5) is 0 Å². The number of nitrogens with one attached hydrogen (secondary N) is 3. The number of carbonyl (C=O) groups is 1. The standard InChI is InChI=1S/C17H17N5O3/c23-15(14-10-4-3-6-11(10)20-21-14)18-8-9-22-13-7-2-1-5-12(13)19-16(24)17(22)25/h1-2,5,7H,3-4,6,8-9H2,(H,18,23)(H,19,24)(H,20,21). The molecule has 0 saturated heterocycles. The van der Waals surface area contributed by atoms with Crippen LogP contribution in [-0.4, -0.2) is 32.2 Å². The van der Waals surface area contributed by atoms with Gasteiger partial charge in [-0.1, -0.05) is 12.1 Å². The van der Waals surface area contributed by atoms with Crippen LogP contribution in [0.2, 0.25) is 0 Å². The fraction of sp³-hybridized carbons (Fsp3) is 0.294. The maximum Gasteiger partial charge on any atom is 0.316 e. The molecular weight excluding hydrogens is 322 g/mol. The highest BCUT2D eigenvalue weighted by atomic mass is 16.2. The van der Waals surface area contributed by atoms with Crippen molar-refractivity contribution in [1.82, 2.24) is 25.1 Å². The minimum absolute atomic E-state index is 0.210. The summed E-state index contributed by atoms with van der Waals surface area (Å²) < 4.78 is 1.38. The quantitative estimate of drug-likeness (QED) is 0.595. The highest BCUT2D eigenvalue weighted by Gasteiger charge is 2.22. The predicted molar refractivity (Wildman–Crippen MR) is 91.8 cm³/mol. The Morgan fingerprint density at radius 1 is 1.24 bits per heavy atom. The minimum Gasteiger partial charge on any atom is -0.349 e. The van der Waals surface area contributed by atoms with Crippen molar-refractivity contribution in [2.75, 3.05) is 6.54 Å². The molecule has 1 aromatic carbocycles. The molecule has 8 heteroatoms. The number of carbonyl (C=O) groups excluding carboxylic acids is 1. The molecule has 25 heavy (non-hydrogen) atoms. The average Bonchev–Trinajstić information content (AvgIpc) is 3.21. The highest BCUT2D eigenvalue weighted by molar-refractivity contribution is 5.94. The van der Waals surface area contributed by atoms with Crippen molar-refractivity contribution in [2.24, 2.45) is 0 Å². The van der Waals surface area contributed by atoms with Gasteiger partial charge in [0.05, 0.1) is 11.0 Å². The monoisotopic (exact) mass is 339 g/mol. The van der Waals surface area contributed by atoms with Crippen LogP contribution in [-0.2, 0) is 19.4 Å². The molecule has 3 N–H and O–H groups in total. The van der Waals surface area contributed by atoms with Crippen molar-refractivity contribution in [3.05, 3.63) is 61.9 Å². The number of hydrogen-bond acceptors (Lipinski definition) is 4. The van der Waals surface area contributed by atoms with Gasteiger partial charge in [-0.15, -0.1) is 0 Å². The third-order valence-electron chi connectivity index (χ3n) is 4.52. The number of H-pyrrole nitrogens is 2. The molecule has 1 amide bonds. The van der Waals surface area contributed by atoms with E-state index in [0.717, 1.165) is 30.5 Å². The Morgan fingerprint density at radius 2 is 2.08 bits per heavy atom. The Balaban J connectivity index is 1.53. The molecular formula is C17H17N5O3. The Kier molecular flexibility index (Phi) is 3.72. The topological polar surface area (TPSA) is 113 Å². The van der Waals surface area contributed by atoms with Gasteiger partial charge in [0.25, 0.3) is 5.91 Å². The van der Waals surface area contributed by atoms with Crippen LogP contribution < -0.4 is 16.4 Å². The number of aromatic amines is 2. The van der Waals surface area contributed by atoms with E-state index in [4.69, 9.17) is 0 Å². The number of rotatable bonds is 4. The van der Waals surface area contributed by atoms with Gasteiger partial charge in [-0.25, -0.2) is 0 Å². The summed E-state index contributed by atoms with van der Waals surface area (Å²) in [5, 5.41) is 9.77. The van der Waals surface area contributed by atoms with Crippen molar-refractivity contribution < 1.29 is 4.79 Å². The van der Waals surface area contributed by atoms with Gasteiger partial charge in [-0.2, -0.15) is 5.10 Å². The molecule has 0 atom stereocenters. The summed E-state index contributed by atoms with van der Waals surface area (Å²) in [6, 6.07) is 7.07. The molecule has 0 fully saturated rings. The van der Waals surface area contributed by atoms with E-state index in [0.29, 0.717) is 16.7 Å². The molecule has 1 aliphatic rings. The molecule has 0 aliphatic heterocycles. The molecule has 0 bridgehead atoms. The SMILES string of the molecule is O=C(NCCn1c(=O)c(=O)[nH]c2ccccc21)c1n[nH]c2c1CCC2. The number of benzene rings is 1. The van der Waals surface area contributed by atoms with Gasteiger partial charge >= 0.3 is 11.1 Å². The number of nitrogens with zero attached hydrogens (tertiary/aromatic N) is 2. The van der Waals surface area contributed by atoms with Gasteiger partial charge in [0.1, 0.15) is 0 Å². The zero-order valence-electron chi connectivity index (χ0n) is 13.5. The molecule has 2 heterocycles. The fourth-order valence-corrected chi connectivity index (χ4v) is 3.32. The highest BCUT2D eigenvalue weighted by Crippen LogP contribution is 2.22. The van der Waals surface area contributed by atoms with E-state index in [1.54, 1.807) is 24.3 Å². The Morgan fingerprint density at radius 3 is 2.96 bits per heavy atom. The molecule has 8 nitrogen and oxygen atoms in total. The van der Waals surface area contributed by atoms with Crippen LogP contribution in [0.3, 0.4) is 0 Å². The lowest BCUT2D eigenvalue weighted by molar-refractivity contribution is 0.0946. The first-order valence-electron chi connectivity index (χ1n) is 8.21. The van der Waals surface area contributed by atoms with Crippen molar-refractivity contribution in [1.29, 1.82) is 0 Å². The van der Waals surface area contributed by atoms with Crippen LogP contribution in [0.15, 0.2) is 33.9 Å². The van der Waals surface area contributed by atoms with E-state index in [1.165, 1.54) is 4.57 Å². The zero-order valence-corrected chi connectivity index (χ0v) is 13.5. The summed E-state index contributed by atoms with van der Waals surface area (Å²) in [5.74, 6) is -0.262. The second kappa shape index (κ2) is 6.04. The molecule has 3 aromatic rings. The molecule has 0 unspecified atom stereocenters. The molecule has 1 aliphatic carbocycles. The summed E-state index contributed by atoms with van der Waals surface area (Å²) in [4.78, 5) is 38.8. The smallest absolute Gasteiger partial charge is 0.316 e. The van der Waals surface area contributed by atoms with E-state index in [9.17, 15) is 14.4 Å². The van der Waals surface area contributed by atoms with E-state index < -0.39 is 11.1 Å². The molecule has 0 radical (unpaired) electrons. The maximum atomic E-state index is 12.3. The van der Waals surface area contributed by atoms with E-state index in [1.807, 2.05) is 0 Å². The van der Waals surface area contributed by atoms with Crippen molar-refractivity contribution in [2.45, 2.75) is 25.8 Å². The molecule has 2 aromatic heterocycles.